The van der Waals surface area contributed by atoms with Gasteiger partial charge in [0.15, 0.2) is 0 Å². The number of nitrogens with one attached hydrogen (secondary N) is 3. The lowest BCUT2D eigenvalue weighted by molar-refractivity contribution is -0.145. The van der Waals surface area contributed by atoms with Crippen molar-refractivity contribution in [2.75, 3.05) is 13.1 Å². The minimum atomic E-state index is -0.998. The predicted octanol–water partition coefficient (Wildman–Crippen LogP) is 2.96. The third-order valence-electron chi connectivity index (χ3n) is 7.60. The minimum Gasteiger partial charge on any atom is -0.444 e. The number of Topliss-reactive ketones (excluding diaryl/α,β-unsaturated/α-hetero) is 1. The molecule has 0 aromatic carbocycles. The highest BCUT2D eigenvalue weighted by Gasteiger charge is 2.69. The first kappa shape index (κ1) is 32.3. The van der Waals surface area contributed by atoms with Gasteiger partial charge in [0, 0.05) is 13.1 Å². The van der Waals surface area contributed by atoms with Crippen LogP contribution < -0.4 is 16.0 Å². The molecule has 1 aliphatic carbocycles. The van der Waals surface area contributed by atoms with Crippen LogP contribution in [0.5, 0.6) is 0 Å². The molecule has 2 aliphatic rings. The smallest absolute Gasteiger partial charge is 0.408 e. The zero-order valence-electron chi connectivity index (χ0n) is 25.1. The van der Waals surface area contributed by atoms with Gasteiger partial charge in [-0.3, -0.25) is 19.2 Å². The van der Waals surface area contributed by atoms with Gasteiger partial charge in [-0.15, -0.1) is 6.58 Å². The number of likely N-dealkylation sites (tertiary alicyclic amines) is 1. The van der Waals surface area contributed by atoms with Gasteiger partial charge < -0.3 is 25.6 Å². The Hall–Kier alpha value is -2.91. The quantitative estimate of drug-likeness (QED) is 0.207. The zero-order valence-corrected chi connectivity index (χ0v) is 25.1. The molecule has 1 saturated heterocycles. The molecule has 0 aromatic rings. The van der Waals surface area contributed by atoms with Crippen LogP contribution in [0.25, 0.3) is 0 Å². The van der Waals surface area contributed by atoms with Crippen molar-refractivity contribution >= 4 is 29.6 Å². The van der Waals surface area contributed by atoms with Gasteiger partial charge in [0.2, 0.25) is 17.6 Å². The van der Waals surface area contributed by atoms with E-state index in [0.29, 0.717) is 25.8 Å². The molecule has 3 N–H and O–H groups in total. The molecular formula is C29H48N4O6. The summed E-state index contributed by atoms with van der Waals surface area (Å²) in [5, 5.41) is 8.07. The Labute approximate surface area is 233 Å². The van der Waals surface area contributed by atoms with Crippen LogP contribution in [0.15, 0.2) is 12.7 Å². The van der Waals surface area contributed by atoms with Gasteiger partial charge in [-0.05, 0) is 56.3 Å². The van der Waals surface area contributed by atoms with Crippen molar-refractivity contribution in [3.63, 3.8) is 0 Å². The number of nitrogens with zero attached hydrogens (tertiary/aromatic N) is 1. The number of hydrogen-bond donors (Lipinski definition) is 3. The molecular weight excluding hydrogens is 500 g/mol. The van der Waals surface area contributed by atoms with E-state index >= 15 is 0 Å². The SMILES string of the molecule is C=CCCNC(=O)C(=O)C(CCC)NC(=O)[C@@H]1[C@@H]2[C@H](CN1C(=O)C(NC(=O)OC(C)(C)C)C(C)(C)C)C2(C)C. The van der Waals surface area contributed by atoms with Crippen LogP contribution in [0.1, 0.15) is 81.6 Å². The highest BCUT2D eigenvalue weighted by molar-refractivity contribution is 6.38. The summed E-state index contributed by atoms with van der Waals surface area (Å²) in [6.07, 6.45) is 2.32. The van der Waals surface area contributed by atoms with Gasteiger partial charge in [0.05, 0.1) is 6.04 Å². The number of amides is 4. The lowest BCUT2D eigenvalue weighted by Gasteiger charge is -2.38. The fourth-order valence-corrected chi connectivity index (χ4v) is 5.40. The number of fused-ring (bicyclic) bond motifs is 1. The van der Waals surface area contributed by atoms with E-state index in [9.17, 15) is 24.0 Å². The Kier molecular flexibility index (Phi) is 10.0. The molecule has 2 rings (SSSR count). The fraction of sp³-hybridized carbons (Fsp3) is 0.759. The summed E-state index contributed by atoms with van der Waals surface area (Å²) >= 11 is 0. The molecule has 39 heavy (non-hydrogen) atoms. The molecule has 4 amide bonds. The van der Waals surface area contributed by atoms with E-state index in [0.717, 1.165) is 0 Å². The van der Waals surface area contributed by atoms with Gasteiger partial charge in [0.1, 0.15) is 17.7 Å². The average Bonchev–Trinajstić information content (AvgIpc) is 3.14. The summed E-state index contributed by atoms with van der Waals surface area (Å²) in [6, 6.07) is -2.76. The summed E-state index contributed by atoms with van der Waals surface area (Å²) in [7, 11) is 0. The molecule has 2 unspecified atom stereocenters. The standard InChI is InChI=1S/C29H48N4O6/c1-11-13-15-30-24(36)21(34)18(14-12-2)31-23(35)20-19-17(29(19,9)10)16-33(20)25(37)22(27(3,4)5)32-26(38)39-28(6,7)8/h11,17-20,22H,1,12-16H2,2-10H3,(H,30,36)(H,31,35)(H,32,38)/t17-,18?,19-,20-,22?/m0/s1. The van der Waals surface area contributed by atoms with Gasteiger partial charge in [-0.2, -0.15) is 0 Å². The second-order valence-electron chi connectivity index (χ2n) is 13.4. The van der Waals surface area contributed by atoms with Crippen molar-refractivity contribution in [1.29, 1.82) is 0 Å². The van der Waals surface area contributed by atoms with E-state index in [-0.39, 0.29) is 29.7 Å². The van der Waals surface area contributed by atoms with Crippen LogP contribution in [0, 0.1) is 22.7 Å². The third kappa shape index (κ3) is 7.82. The van der Waals surface area contributed by atoms with Crippen LogP contribution in [-0.4, -0.2) is 71.3 Å². The van der Waals surface area contributed by atoms with Crippen LogP contribution in [0.4, 0.5) is 4.79 Å². The molecule has 1 saturated carbocycles. The molecule has 1 heterocycles. The molecule has 0 bridgehead atoms. The fourth-order valence-electron chi connectivity index (χ4n) is 5.40. The normalized spacial score (nSPS) is 23.1. The van der Waals surface area contributed by atoms with E-state index in [1.807, 2.05) is 27.7 Å². The lowest BCUT2D eigenvalue weighted by atomic mass is 9.85. The molecule has 0 spiro atoms. The molecule has 220 valence electrons. The van der Waals surface area contributed by atoms with Crippen molar-refractivity contribution in [3.8, 4) is 0 Å². The lowest BCUT2D eigenvalue weighted by Crippen LogP contribution is -2.60. The molecule has 0 aromatic heterocycles. The van der Waals surface area contributed by atoms with Gasteiger partial charge in [-0.25, -0.2) is 4.79 Å². The Balaban J connectivity index is 2.28. The molecule has 1 aliphatic heterocycles. The third-order valence-corrected chi connectivity index (χ3v) is 7.60. The number of alkyl carbamates (subject to hydrolysis) is 1. The maximum absolute atomic E-state index is 13.9. The number of ether oxygens (including phenoxy) is 1. The highest BCUT2D eigenvalue weighted by atomic mass is 16.6. The highest BCUT2D eigenvalue weighted by Crippen LogP contribution is 2.65. The maximum atomic E-state index is 13.9. The summed E-state index contributed by atoms with van der Waals surface area (Å²) < 4.78 is 5.40. The van der Waals surface area contributed by atoms with Crippen molar-refractivity contribution in [1.82, 2.24) is 20.9 Å². The Morgan fingerprint density at radius 1 is 1.08 bits per heavy atom. The van der Waals surface area contributed by atoms with Gasteiger partial charge in [-0.1, -0.05) is 54.0 Å². The first-order chi connectivity index (χ1) is 17.9. The molecule has 10 nitrogen and oxygen atoms in total. The number of carbonyl (C=O) groups excluding carboxylic acids is 5. The zero-order chi connectivity index (χ0) is 29.9. The molecule has 10 heteroatoms. The minimum absolute atomic E-state index is 0.0950. The van der Waals surface area contributed by atoms with Crippen molar-refractivity contribution in [2.24, 2.45) is 22.7 Å². The molecule has 5 atom stereocenters. The number of carbonyl (C=O) groups is 5. The van der Waals surface area contributed by atoms with Crippen molar-refractivity contribution in [3.05, 3.63) is 12.7 Å². The number of ketones is 1. The maximum Gasteiger partial charge on any atom is 0.408 e. The topological polar surface area (TPSA) is 134 Å². The van der Waals surface area contributed by atoms with Crippen LogP contribution in [-0.2, 0) is 23.9 Å². The van der Waals surface area contributed by atoms with Crippen LogP contribution >= 0.6 is 0 Å². The van der Waals surface area contributed by atoms with Crippen molar-refractivity contribution < 1.29 is 28.7 Å². The van der Waals surface area contributed by atoms with E-state index in [1.54, 1.807) is 26.8 Å². The largest absolute Gasteiger partial charge is 0.444 e. The summed E-state index contributed by atoms with van der Waals surface area (Å²) in [5.74, 6) is -2.29. The number of piperidine rings is 1. The molecule has 2 fully saturated rings. The molecule has 0 radical (unpaired) electrons. The second-order valence-corrected chi connectivity index (χ2v) is 13.4. The van der Waals surface area contributed by atoms with E-state index in [2.05, 4.69) is 36.4 Å². The summed E-state index contributed by atoms with van der Waals surface area (Å²) in [6.45, 7) is 21.0. The first-order valence-corrected chi connectivity index (χ1v) is 13.9. The first-order valence-electron chi connectivity index (χ1n) is 13.9. The Bertz CT molecular complexity index is 977. The van der Waals surface area contributed by atoms with Crippen LogP contribution in [0.3, 0.4) is 0 Å². The average molecular weight is 549 g/mol. The monoisotopic (exact) mass is 548 g/mol. The summed E-state index contributed by atoms with van der Waals surface area (Å²) in [4.78, 5) is 67.1. The number of hydrogen-bond acceptors (Lipinski definition) is 6. The summed E-state index contributed by atoms with van der Waals surface area (Å²) in [5.41, 5.74) is -1.56. The Morgan fingerprint density at radius 2 is 1.69 bits per heavy atom. The second kappa shape index (κ2) is 12.1. The van der Waals surface area contributed by atoms with E-state index in [1.165, 1.54) is 4.90 Å². The number of rotatable bonds is 11. The van der Waals surface area contributed by atoms with E-state index < -0.39 is 52.8 Å². The van der Waals surface area contributed by atoms with Gasteiger partial charge >= 0.3 is 6.09 Å². The Morgan fingerprint density at radius 3 is 2.21 bits per heavy atom. The van der Waals surface area contributed by atoms with Crippen molar-refractivity contribution in [2.45, 2.75) is 105 Å². The van der Waals surface area contributed by atoms with Crippen LogP contribution in [0.2, 0.25) is 0 Å². The van der Waals surface area contributed by atoms with E-state index in [4.69, 9.17) is 4.74 Å². The predicted molar refractivity (Wildman–Crippen MR) is 149 cm³/mol. The van der Waals surface area contributed by atoms with Gasteiger partial charge in [0.25, 0.3) is 5.91 Å².